The molecule has 0 unspecified atom stereocenters. The fourth-order valence-electron chi connectivity index (χ4n) is 7.97. The summed E-state index contributed by atoms with van der Waals surface area (Å²) in [6, 6.07) is 17.9. The Hall–Kier alpha value is -3.82. The summed E-state index contributed by atoms with van der Waals surface area (Å²) in [5.41, 5.74) is 0.844. The van der Waals surface area contributed by atoms with Crippen LogP contribution in [0.4, 0.5) is 10.1 Å². The fraction of sp³-hybridized carbons (Fsp3) is 0.294. The number of benzene rings is 3. The van der Waals surface area contributed by atoms with Crippen molar-refractivity contribution in [3.63, 3.8) is 0 Å². The number of phenols is 1. The molecule has 1 saturated carbocycles. The van der Waals surface area contributed by atoms with Crippen LogP contribution < -0.4 is 4.90 Å². The minimum Gasteiger partial charge on any atom is -0.508 e. The number of hydrogen-bond donors (Lipinski definition) is 1. The summed E-state index contributed by atoms with van der Waals surface area (Å²) in [6.07, 6.45) is 2.41. The lowest BCUT2D eigenvalue weighted by Gasteiger charge is -2.49. The summed E-state index contributed by atoms with van der Waals surface area (Å²) in [4.78, 5) is 58.7. The van der Waals surface area contributed by atoms with Crippen LogP contribution >= 0.6 is 27.5 Å². The standard InChI is InChI=1S/C34H27BrClFN2O5/c1-34-24(31(42)39(33(34)44)19-8-11-26(37)25(36)14-19)15-22-20(29(34)23-13-18(35)7-12-27(23)40)9-10-21-28(22)32(43)38(30(21)41)16-17-5-3-2-4-6-17/h2-9,11-14,21-22,24,28-29,40H,10,15-16H2,1H3/t21-,22+,24-,28-,29+,34+/m0/s1. The summed E-state index contributed by atoms with van der Waals surface area (Å²) < 4.78 is 14.7. The molecular weight excluding hydrogens is 651 g/mol. The number of halogens is 3. The largest absolute Gasteiger partial charge is 0.508 e. The third-order valence-electron chi connectivity index (χ3n) is 10.0. The zero-order valence-electron chi connectivity index (χ0n) is 23.5. The molecule has 0 radical (unpaired) electrons. The zero-order valence-corrected chi connectivity index (χ0v) is 25.9. The first-order chi connectivity index (χ1) is 21.0. The molecule has 0 aromatic heterocycles. The quantitative estimate of drug-likeness (QED) is 0.256. The van der Waals surface area contributed by atoms with Crippen LogP contribution in [0.3, 0.4) is 0 Å². The number of hydrogen-bond acceptors (Lipinski definition) is 5. The van der Waals surface area contributed by atoms with E-state index in [0.717, 1.165) is 22.1 Å². The number of aromatic hydroxyl groups is 1. The highest BCUT2D eigenvalue weighted by molar-refractivity contribution is 9.10. The van der Waals surface area contributed by atoms with Gasteiger partial charge in [-0.15, -0.1) is 0 Å². The highest BCUT2D eigenvalue weighted by atomic mass is 79.9. The van der Waals surface area contributed by atoms with Gasteiger partial charge in [0.05, 0.1) is 40.4 Å². The Bertz CT molecular complexity index is 1800. The van der Waals surface area contributed by atoms with Crippen molar-refractivity contribution in [2.75, 3.05) is 4.90 Å². The van der Waals surface area contributed by atoms with E-state index in [2.05, 4.69) is 15.9 Å². The van der Waals surface area contributed by atoms with Gasteiger partial charge in [0.25, 0.3) is 0 Å². The smallest absolute Gasteiger partial charge is 0.241 e. The Morgan fingerprint density at radius 2 is 1.73 bits per heavy atom. The van der Waals surface area contributed by atoms with Gasteiger partial charge in [-0.3, -0.25) is 24.1 Å². The van der Waals surface area contributed by atoms with Gasteiger partial charge in [0.2, 0.25) is 23.6 Å². The van der Waals surface area contributed by atoms with Crippen LogP contribution in [0.2, 0.25) is 5.02 Å². The Kier molecular flexibility index (Phi) is 6.82. The molecule has 3 aromatic carbocycles. The molecule has 1 N–H and O–H groups in total. The number of carbonyl (C=O) groups is 4. The van der Waals surface area contributed by atoms with Gasteiger partial charge in [-0.1, -0.05) is 69.5 Å². The predicted octanol–water partition coefficient (Wildman–Crippen LogP) is 6.38. The van der Waals surface area contributed by atoms with Crippen molar-refractivity contribution in [2.24, 2.45) is 29.1 Å². The Morgan fingerprint density at radius 1 is 0.977 bits per heavy atom. The maximum absolute atomic E-state index is 14.4. The van der Waals surface area contributed by atoms with E-state index in [4.69, 9.17) is 11.6 Å². The molecule has 4 aliphatic rings. The van der Waals surface area contributed by atoms with E-state index < -0.39 is 52.6 Å². The lowest BCUT2D eigenvalue weighted by molar-refractivity contribution is -0.141. The number of nitrogens with zero attached hydrogens (tertiary/aromatic N) is 2. The van der Waals surface area contributed by atoms with Crippen molar-refractivity contribution >= 4 is 56.8 Å². The van der Waals surface area contributed by atoms with E-state index in [1.54, 1.807) is 19.1 Å². The predicted molar refractivity (Wildman–Crippen MR) is 164 cm³/mol. The lowest BCUT2D eigenvalue weighted by atomic mass is 9.51. The van der Waals surface area contributed by atoms with Gasteiger partial charge in [0.1, 0.15) is 11.6 Å². The van der Waals surface area contributed by atoms with Gasteiger partial charge < -0.3 is 5.11 Å². The second-order valence-electron chi connectivity index (χ2n) is 12.2. The van der Waals surface area contributed by atoms with Crippen molar-refractivity contribution in [1.29, 1.82) is 0 Å². The molecular formula is C34H27BrClFN2O5. The number of fused-ring (bicyclic) bond motifs is 4. The lowest BCUT2D eigenvalue weighted by Crippen LogP contribution is -2.48. The highest BCUT2D eigenvalue weighted by Crippen LogP contribution is 2.64. The average molecular weight is 678 g/mol. The third kappa shape index (κ3) is 4.12. The Balaban J connectivity index is 1.35. The highest BCUT2D eigenvalue weighted by Gasteiger charge is 2.67. The first kappa shape index (κ1) is 28.9. The minimum atomic E-state index is -1.35. The minimum absolute atomic E-state index is 0.0510. The van der Waals surface area contributed by atoms with E-state index in [9.17, 15) is 28.7 Å². The fourth-order valence-corrected chi connectivity index (χ4v) is 8.53. The number of amides is 4. The molecule has 10 heteroatoms. The van der Waals surface area contributed by atoms with Gasteiger partial charge >= 0.3 is 0 Å². The van der Waals surface area contributed by atoms with Gasteiger partial charge in [-0.25, -0.2) is 9.29 Å². The average Bonchev–Trinajstić information content (AvgIpc) is 3.36. The molecule has 7 nitrogen and oxygen atoms in total. The van der Waals surface area contributed by atoms with Crippen molar-refractivity contribution in [3.8, 4) is 5.75 Å². The van der Waals surface area contributed by atoms with Crippen molar-refractivity contribution in [2.45, 2.75) is 32.2 Å². The summed E-state index contributed by atoms with van der Waals surface area (Å²) in [5, 5.41) is 10.9. The van der Waals surface area contributed by atoms with E-state index in [-0.39, 0.29) is 41.2 Å². The zero-order chi connectivity index (χ0) is 31.1. The van der Waals surface area contributed by atoms with Crippen LogP contribution in [0.25, 0.3) is 0 Å². The topological polar surface area (TPSA) is 95.0 Å². The molecule has 3 aromatic rings. The van der Waals surface area contributed by atoms with E-state index in [1.807, 2.05) is 36.4 Å². The normalized spacial score (nSPS) is 29.5. The number of imide groups is 2. The first-order valence-corrected chi connectivity index (χ1v) is 15.6. The molecule has 0 bridgehead atoms. The van der Waals surface area contributed by atoms with Crippen LogP contribution in [-0.2, 0) is 25.7 Å². The van der Waals surface area contributed by atoms with Gasteiger partial charge in [0.15, 0.2) is 0 Å². The van der Waals surface area contributed by atoms with Gasteiger partial charge in [0, 0.05) is 16.0 Å². The van der Waals surface area contributed by atoms with Gasteiger partial charge in [-0.05, 0) is 67.6 Å². The van der Waals surface area contributed by atoms with Gasteiger partial charge in [-0.2, -0.15) is 0 Å². The molecule has 3 fully saturated rings. The van der Waals surface area contributed by atoms with E-state index in [1.165, 1.54) is 23.1 Å². The summed E-state index contributed by atoms with van der Waals surface area (Å²) in [7, 11) is 0. The maximum Gasteiger partial charge on any atom is 0.241 e. The number of likely N-dealkylation sites (tertiary alicyclic amines) is 1. The molecule has 4 amide bonds. The van der Waals surface area contributed by atoms with Crippen molar-refractivity contribution in [1.82, 2.24) is 4.90 Å². The molecule has 44 heavy (non-hydrogen) atoms. The molecule has 2 aliphatic carbocycles. The summed E-state index contributed by atoms with van der Waals surface area (Å²) in [6.45, 7) is 1.88. The molecule has 0 spiro atoms. The van der Waals surface area contributed by atoms with Crippen LogP contribution in [0.1, 0.15) is 36.8 Å². The Labute approximate surface area is 266 Å². The second kappa shape index (κ2) is 10.4. The molecule has 224 valence electrons. The molecule has 6 atom stereocenters. The molecule has 2 saturated heterocycles. The molecule has 7 rings (SSSR count). The van der Waals surface area contributed by atoms with Crippen LogP contribution in [0, 0.1) is 34.9 Å². The number of phenolic OH excluding ortho intramolecular Hbond substituents is 1. The molecule has 2 heterocycles. The van der Waals surface area contributed by atoms with Crippen LogP contribution in [0.5, 0.6) is 5.75 Å². The number of allylic oxidation sites excluding steroid dienone is 2. The second-order valence-corrected chi connectivity index (χ2v) is 13.5. The summed E-state index contributed by atoms with van der Waals surface area (Å²) >= 11 is 9.54. The Morgan fingerprint density at radius 3 is 2.45 bits per heavy atom. The monoisotopic (exact) mass is 676 g/mol. The van der Waals surface area contributed by atoms with Crippen molar-refractivity contribution < 1.29 is 28.7 Å². The number of rotatable bonds is 4. The van der Waals surface area contributed by atoms with Crippen molar-refractivity contribution in [3.05, 3.63) is 105 Å². The summed E-state index contributed by atoms with van der Waals surface area (Å²) in [5.74, 6) is -5.70. The SMILES string of the molecule is C[C@@]12C(=O)N(c3ccc(F)c(Cl)c3)C(=O)[C@@H]1C[C@@H]1C(=CC[C@@H]3C(=O)N(Cc4ccccc4)C(=O)[C@@H]31)[C@@H]2c1cc(Br)ccc1O. The van der Waals surface area contributed by atoms with E-state index >= 15 is 0 Å². The molecule has 2 aliphatic heterocycles. The van der Waals surface area contributed by atoms with Crippen LogP contribution in [0.15, 0.2) is 82.9 Å². The first-order valence-electron chi connectivity index (χ1n) is 14.4. The number of carbonyl (C=O) groups excluding carboxylic acids is 4. The number of anilines is 1. The maximum atomic E-state index is 14.4. The van der Waals surface area contributed by atoms with E-state index in [0.29, 0.717) is 16.5 Å². The third-order valence-corrected chi connectivity index (χ3v) is 10.8. The van der Waals surface area contributed by atoms with Crippen LogP contribution in [-0.4, -0.2) is 33.6 Å².